The fourth-order valence-corrected chi connectivity index (χ4v) is 3.63. The van der Waals surface area contributed by atoms with Crippen molar-refractivity contribution in [1.29, 1.82) is 0 Å². The third kappa shape index (κ3) is 3.40. The average Bonchev–Trinajstić information content (AvgIpc) is 3.06. The number of benzene rings is 3. The summed E-state index contributed by atoms with van der Waals surface area (Å²) in [6.07, 6.45) is 1.17. The molecule has 0 aliphatic carbocycles. The van der Waals surface area contributed by atoms with Crippen LogP contribution in [0.4, 0.5) is 0 Å². The van der Waals surface area contributed by atoms with Crippen molar-refractivity contribution in [3.05, 3.63) is 89.5 Å². The Morgan fingerprint density at radius 1 is 0.889 bits per heavy atom. The first-order valence-electron chi connectivity index (χ1n) is 9.77. The van der Waals surface area contributed by atoms with Gasteiger partial charge >= 0.3 is 0 Å². The summed E-state index contributed by atoms with van der Waals surface area (Å²) >= 11 is 0. The molecule has 0 spiro atoms. The molecule has 1 atom stereocenters. The van der Waals surface area contributed by atoms with Crippen molar-refractivity contribution >= 4 is 11.0 Å². The highest BCUT2D eigenvalue weighted by Crippen LogP contribution is 2.28. The van der Waals surface area contributed by atoms with E-state index in [0.29, 0.717) is 5.92 Å². The van der Waals surface area contributed by atoms with Crippen molar-refractivity contribution in [2.45, 2.75) is 39.7 Å². The molecule has 0 N–H and O–H groups in total. The van der Waals surface area contributed by atoms with E-state index >= 15 is 0 Å². The van der Waals surface area contributed by atoms with Crippen LogP contribution in [-0.2, 0) is 6.54 Å². The Morgan fingerprint density at radius 3 is 2.33 bits per heavy atom. The molecule has 2 nitrogen and oxygen atoms in total. The molecule has 4 aromatic rings. The molecular weight excluding hydrogens is 328 g/mol. The number of fused-ring (bicyclic) bond motifs is 1. The van der Waals surface area contributed by atoms with Crippen molar-refractivity contribution < 1.29 is 0 Å². The molecule has 3 aromatic carbocycles. The minimum atomic E-state index is 0.607. The van der Waals surface area contributed by atoms with E-state index in [1.807, 2.05) is 0 Å². The smallest absolute Gasteiger partial charge is 0.141 e. The summed E-state index contributed by atoms with van der Waals surface area (Å²) in [4.78, 5) is 4.96. The molecule has 2 heteroatoms. The van der Waals surface area contributed by atoms with Crippen molar-refractivity contribution in [3.63, 3.8) is 0 Å². The lowest BCUT2D eigenvalue weighted by Crippen LogP contribution is -2.03. The summed E-state index contributed by atoms with van der Waals surface area (Å²) in [6, 6.07) is 26.0. The van der Waals surface area contributed by atoms with E-state index in [-0.39, 0.29) is 0 Å². The summed E-state index contributed by atoms with van der Waals surface area (Å²) in [5, 5.41) is 0. The van der Waals surface area contributed by atoms with Crippen LogP contribution in [0, 0.1) is 6.92 Å². The summed E-state index contributed by atoms with van der Waals surface area (Å²) in [5.74, 6) is 1.65. The third-order valence-corrected chi connectivity index (χ3v) is 5.54. The minimum Gasteiger partial charge on any atom is -0.319 e. The number of hydrogen-bond acceptors (Lipinski definition) is 1. The van der Waals surface area contributed by atoms with Gasteiger partial charge in [0, 0.05) is 12.1 Å². The van der Waals surface area contributed by atoms with E-state index < -0.39 is 0 Å². The Morgan fingerprint density at radius 2 is 1.59 bits per heavy atom. The largest absolute Gasteiger partial charge is 0.319 e. The Bertz CT molecular complexity index is 1060. The number of aromatic nitrogens is 2. The second-order valence-corrected chi connectivity index (χ2v) is 7.38. The van der Waals surface area contributed by atoms with Gasteiger partial charge in [0.05, 0.1) is 11.0 Å². The lowest BCUT2D eigenvalue weighted by atomic mass is 9.97. The van der Waals surface area contributed by atoms with E-state index in [1.165, 1.54) is 34.2 Å². The van der Waals surface area contributed by atoms with Crippen LogP contribution < -0.4 is 0 Å². The highest BCUT2D eigenvalue weighted by Gasteiger charge is 2.14. The van der Waals surface area contributed by atoms with Crippen LogP contribution in [0.1, 0.15) is 42.9 Å². The molecule has 0 saturated heterocycles. The number of para-hydroxylation sites is 2. The van der Waals surface area contributed by atoms with Crippen molar-refractivity contribution in [3.8, 4) is 11.4 Å². The highest BCUT2D eigenvalue weighted by atomic mass is 15.1. The van der Waals surface area contributed by atoms with Gasteiger partial charge in [-0.1, -0.05) is 74.5 Å². The van der Waals surface area contributed by atoms with Gasteiger partial charge in [0.1, 0.15) is 5.82 Å². The van der Waals surface area contributed by atoms with Crippen LogP contribution in [-0.4, -0.2) is 9.55 Å². The average molecular weight is 354 g/mol. The Balaban J connectivity index is 1.79. The molecule has 1 aromatic heterocycles. The zero-order chi connectivity index (χ0) is 18.8. The number of hydrogen-bond donors (Lipinski definition) is 0. The van der Waals surface area contributed by atoms with Gasteiger partial charge < -0.3 is 4.57 Å². The predicted octanol–water partition coefficient (Wildman–Crippen LogP) is 6.57. The minimum absolute atomic E-state index is 0.607. The maximum Gasteiger partial charge on any atom is 0.141 e. The van der Waals surface area contributed by atoms with E-state index in [0.717, 1.165) is 17.9 Å². The highest BCUT2D eigenvalue weighted by molar-refractivity contribution is 5.81. The van der Waals surface area contributed by atoms with Gasteiger partial charge in [-0.3, -0.25) is 0 Å². The first-order chi connectivity index (χ1) is 13.2. The van der Waals surface area contributed by atoms with Crippen LogP contribution >= 0.6 is 0 Å². The van der Waals surface area contributed by atoms with Gasteiger partial charge in [-0.05, 0) is 48.1 Å². The second-order valence-electron chi connectivity index (χ2n) is 7.38. The number of imidazole rings is 1. The first-order valence-corrected chi connectivity index (χ1v) is 9.77. The summed E-state index contributed by atoms with van der Waals surface area (Å²) in [6.45, 7) is 7.50. The standard InChI is InChI=1S/C25H26N2/c1-4-18(2)21-15-13-20(14-16-21)17-27-24-12-8-7-11-23(24)26-25(27)22-10-6-5-9-19(22)3/h5-16,18H,4,17H2,1-3H3. The topological polar surface area (TPSA) is 17.8 Å². The Hall–Kier alpha value is -2.87. The first kappa shape index (κ1) is 17.5. The molecule has 1 heterocycles. The van der Waals surface area contributed by atoms with Gasteiger partial charge in [-0.25, -0.2) is 4.98 Å². The fraction of sp³-hybridized carbons (Fsp3) is 0.240. The lowest BCUT2D eigenvalue weighted by Gasteiger charge is -2.13. The maximum absolute atomic E-state index is 4.96. The molecule has 27 heavy (non-hydrogen) atoms. The maximum atomic E-state index is 4.96. The van der Waals surface area contributed by atoms with E-state index in [1.54, 1.807) is 0 Å². The number of nitrogens with zero attached hydrogens (tertiary/aromatic N) is 2. The summed E-state index contributed by atoms with van der Waals surface area (Å²) in [7, 11) is 0. The van der Waals surface area contributed by atoms with Crippen LogP contribution in [0.5, 0.6) is 0 Å². The van der Waals surface area contributed by atoms with Crippen LogP contribution in [0.3, 0.4) is 0 Å². The monoisotopic (exact) mass is 354 g/mol. The van der Waals surface area contributed by atoms with Gasteiger partial charge in [-0.2, -0.15) is 0 Å². The summed E-state index contributed by atoms with van der Waals surface area (Å²) in [5.41, 5.74) is 7.40. The molecule has 136 valence electrons. The molecule has 0 amide bonds. The van der Waals surface area contributed by atoms with Crippen LogP contribution in [0.25, 0.3) is 22.4 Å². The van der Waals surface area contributed by atoms with Crippen LogP contribution in [0.2, 0.25) is 0 Å². The second kappa shape index (κ2) is 7.40. The quantitative estimate of drug-likeness (QED) is 0.396. The number of rotatable bonds is 5. The van der Waals surface area contributed by atoms with Crippen molar-refractivity contribution in [2.75, 3.05) is 0 Å². The predicted molar refractivity (Wildman–Crippen MR) is 114 cm³/mol. The van der Waals surface area contributed by atoms with E-state index in [9.17, 15) is 0 Å². The van der Waals surface area contributed by atoms with Gasteiger partial charge in [-0.15, -0.1) is 0 Å². The third-order valence-electron chi connectivity index (χ3n) is 5.54. The molecule has 0 bridgehead atoms. The van der Waals surface area contributed by atoms with Crippen LogP contribution in [0.15, 0.2) is 72.8 Å². The molecule has 0 aliphatic heterocycles. The zero-order valence-corrected chi connectivity index (χ0v) is 16.3. The number of aryl methyl sites for hydroxylation is 1. The van der Waals surface area contributed by atoms with E-state index in [2.05, 4.69) is 98.1 Å². The molecule has 0 radical (unpaired) electrons. The van der Waals surface area contributed by atoms with Gasteiger partial charge in [0.25, 0.3) is 0 Å². The molecule has 0 saturated carbocycles. The summed E-state index contributed by atoms with van der Waals surface area (Å²) < 4.78 is 2.34. The van der Waals surface area contributed by atoms with Gasteiger partial charge in [0.2, 0.25) is 0 Å². The molecular formula is C25H26N2. The van der Waals surface area contributed by atoms with E-state index in [4.69, 9.17) is 4.98 Å². The fourth-order valence-electron chi connectivity index (χ4n) is 3.63. The molecule has 1 unspecified atom stereocenters. The Labute approximate surface area is 161 Å². The van der Waals surface area contributed by atoms with Crippen molar-refractivity contribution in [1.82, 2.24) is 9.55 Å². The van der Waals surface area contributed by atoms with Gasteiger partial charge in [0.15, 0.2) is 0 Å². The lowest BCUT2D eigenvalue weighted by molar-refractivity contribution is 0.732. The molecule has 4 rings (SSSR count). The SMILES string of the molecule is CCC(C)c1ccc(Cn2c(-c3ccccc3C)nc3ccccc32)cc1. The zero-order valence-electron chi connectivity index (χ0n) is 16.3. The molecule has 0 aliphatic rings. The normalized spacial score (nSPS) is 12.4. The molecule has 0 fully saturated rings. The van der Waals surface area contributed by atoms with Crippen molar-refractivity contribution in [2.24, 2.45) is 0 Å². The Kier molecular flexibility index (Phi) is 4.81.